The second kappa shape index (κ2) is 15.8. The number of nitrogens with one attached hydrogen (secondary N) is 1. The average molecular weight is 480 g/mol. The Morgan fingerprint density at radius 1 is 0.971 bits per heavy atom. The summed E-state index contributed by atoms with van der Waals surface area (Å²) in [4.78, 5) is 28.5. The highest BCUT2D eigenvalue weighted by molar-refractivity contribution is 5.88. The summed E-state index contributed by atoms with van der Waals surface area (Å²) in [6, 6.07) is 5.17. The summed E-state index contributed by atoms with van der Waals surface area (Å²) in [5, 5.41) is 34.7. The fourth-order valence-corrected chi connectivity index (χ4v) is 4.11. The summed E-state index contributed by atoms with van der Waals surface area (Å²) >= 11 is 0. The van der Waals surface area contributed by atoms with E-state index >= 15 is 0 Å². The number of aromatic nitrogens is 1. The Morgan fingerprint density at radius 3 is 1.97 bits per heavy atom. The Labute approximate surface area is 204 Å². The van der Waals surface area contributed by atoms with Crippen molar-refractivity contribution >= 4 is 11.8 Å². The van der Waals surface area contributed by atoms with Crippen LogP contribution >= 0.6 is 0 Å². The van der Waals surface area contributed by atoms with E-state index in [1.807, 2.05) is 0 Å². The summed E-state index contributed by atoms with van der Waals surface area (Å²) in [7, 11) is 0. The number of carbonyl (C=O) groups is 2. The van der Waals surface area contributed by atoms with E-state index in [2.05, 4.69) is 17.2 Å². The van der Waals surface area contributed by atoms with Crippen molar-refractivity contribution in [3.63, 3.8) is 0 Å². The van der Waals surface area contributed by atoms with Gasteiger partial charge >= 0.3 is 0 Å². The Balaban J connectivity index is 2.43. The van der Waals surface area contributed by atoms with Crippen LogP contribution in [-0.2, 0) is 16.1 Å². The van der Waals surface area contributed by atoms with E-state index in [0.29, 0.717) is 12.1 Å². The molecule has 8 heteroatoms. The van der Waals surface area contributed by atoms with E-state index in [1.54, 1.807) is 24.4 Å². The number of rotatable bonds is 19. The molecule has 0 aliphatic heterocycles. The van der Waals surface area contributed by atoms with E-state index in [0.717, 1.165) is 32.6 Å². The van der Waals surface area contributed by atoms with Gasteiger partial charge in [0.2, 0.25) is 0 Å². The van der Waals surface area contributed by atoms with Crippen molar-refractivity contribution in [1.29, 1.82) is 0 Å². The standard InChI is InChI=1S/C26H45N3O5/c1-3-4-5-6-7-8-9-10-11-12-13-15-18-26(34,24(27)32)25(2,33)22(30)23(31)29-20-21-17-14-16-19-28-21/h14,16-17,19,22,30,33-34H,3-13,15,18,20H2,1-2H3,(H2,27,32)(H,29,31). The van der Waals surface area contributed by atoms with Gasteiger partial charge in [-0.05, 0) is 31.9 Å². The quantitative estimate of drug-likeness (QED) is 0.193. The molecule has 2 amide bonds. The Morgan fingerprint density at radius 2 is 1.50 bits per heavy atom. The minimum Gasteiger partial charge on any atom is -0.383 e. The molecule has 1 aromatic rings. The Kier molecular flexibility index (Phi) is 13.9. The minimum atomic E-state index is -2.45. The van der Waals surface area contributed by atoms with E-state index in [9.17, 15) is 24.9 Å². The molecule has 1 aromatic heterocycles. The number of hydrogen-bond acceptors (Lipinski definition) is 6. The number of unbranched alkanes of at least 4 members (excludes halogenated alkanes) is 11. The van der Waals surface area contributed by atoms with E-state index in [-0.39, 0.29) is 13.0 Å². The lowest BCUT2D eigenvalue weighted by Gasteiger charge is -2.41. The van der Waals surface area contributed by atoms with Gasteiger partial charge in [-0.2, -0.15) is 0 Å². The second-order valence-electron chi connectivity index (χ2n) is 9.45. The molecule has 194 valence electrons. The molecule has 8 nitrogen and oxygen atoms in total. The zero-order valence-electron chi connectivity index (χ0n) is 21.0. The summed E-state index contributed by atoms with van der Waals surface area (Å²) in [6.07, 6.45) is 12.7. The van der Waals surface area contributed by atoms with E-state index in [4.69, 9.17) is 5.73 Å². The van der Waals surface area contributed by atoms with Crippen LogP contribution < -0.4 is 11.1 Å². The van der Waals surface area contributed by atoms with Crippen LogP contribution in [0.2, 0.25) is 0 Å². The van der Waals surface area contributed by atoms with E-state index in [1.165, 1.54) is 44.9 Å². The molecular weight excluding hydrogens is 434 g/mol. The van der Waals surface area contributed by atoms with Gasteiger partial charge in [0.1, 0.15) is 5.60 Å². The second-order valence-corrected chi connectivity index (χ2v) is 9.45. The fourth-order valence-electron chi connectivity index (χ4n) is 4.11. The number of nitrogens with two attached hydrogens (primary N) is 1. The largest absolute Gasteiger partial charge is 0.383 e. The molecule has 0 aliphatic carbocycles. The highest BCUT2D eigenvalue weighted by Crippen LogP contribution is 2.31. The first kappa shape index (κ1) is 30.0. The summed E-state index contributed by atoms with van der Waals surface area (Å²) in [5.74, 6) is -2.10. The smallest absolute Gasteiger partial charge is 0.252 e. The normalized spacial score (nSPS) is 15.8. The van der Waals surface area contributed by atoms with Crippen molar-refractivity contribution in [2.45, 2.75) is 121 Å². The van der Waals surface area contributed by atoms with Crippen molar-refractivity contribution in [2.24, 2.45) is 5.73 Å². The van der Waals surface area contributed by atoms with Crippen molar-refractivity contribution in [1.82, 2.24) is 10.3 Å². The van der Waals surface area contributed by atoms with Crippen molar-refractivity contribution in [2.75, 3.05) is 0 Å². The molecule has 1 heterocycles. The van der Waals surface area contributed by atoms with Crippen LogP contribution in [0, 0.1) is 0 Å². The zero-order chi connectivity index (χ0) is 25.5. The van der Waals surface area contributed by atoms with Crippen LogP contribution in [0.15, 0.2) is 24.4 Å². The highest BCUT2D eigenvalue weighted by atomic mass is 16.4. The lowest BCUT2D eigenvalue weighted by Crippen LogP contribution is -2.68. The van der Waals surface area contributed by atoms with Gasteiger partial charge in [0.25, 0.3) is 11.8 Å². The van der Waals surface area contributed by atoms with Gasteiger partial charge < -0.3 is 26.4 Å². The maximum atomic E-state index is 12.4. The lowest BCUT2D eigenvalue weighted by molar-refractivity contribution is -0.200. The molecule has 3 atom stereocenters. The molecule has 0 radical (unpaired) electrons. The number of primary amides is 1. The first-order chi connectivity index (χ1) is 16.2. The SMILES string of the molecule is CCCCCCCCCCCCCCC(O)(C(N)=O)C(C)(O)C(O)C(=O)NCc1ccccn1. The van der Waals surface area contributed by atoms with Crippen molar-refractivity contribution in [3.8, 4) is 0 Å². The number of nitrogens with zero attached hydrogens (tertiary/aromatic N) is 1. The fraction of sp³-hybridized carbons (Fsp3) is 0.731. The van der Waals surface area contributed by atoms with E-state index < -0.39 is 29.1 Å². The topological polar surface area (TPSA) is 146 Å². The molecule has 0 aromatic carbocycles. The molecule has 0 fully saturated rings. The van der Waals surface area contributed by atoms with Gasteiger partial charge in [0, 0.05) is 6.20 Å². The molecule has 0 spiro atoms. The van der Waals surface area contributed by atoms with Crippen molar-refractivity contribution < 1.29 is 24.9 Å². The molecule has 1 rings (SSSR count). The molecule has 0 aliphatic rings. The van der Waals surface area contributed by atoms with Gasteiger partial charge in [-0.1, -0.05) is 83.6 Å². The molecule has 0 bridgehead atoms. The average Bonchev–Trinajstić information content (AvgIpc) is 2.82. The molecule has 6 N–H and O–H groups in total. The minimum absolute atomic E-state index is 0.0283. The van der Waals surface area contributed by atoms with Crippen LogP contribution in [0.25, 0.3) is 0 Å². The summed E-state index contributed by atoms with van der Waals surface area (Å²) in [5.41, 5.74) is 1.07. The summed E-state index contributed by atoms with van der Waals surface area (Å²) < 4.78 is 0. The Bertz CT molecular complexity index is 714. The predicted molar refractivity (Wildman–Crippen MR) is 133 cm³/mol. The highest BCUT2D eigenvalue weighted by Gasteiger charge is 2.56. The third-order valence-electron chi connectivity index (χ3n) is 6.59. The monoisotopic (exact) mass is 479 g/mol. The molecule has 34 heavy (non-hydrogen) atoms. The van der Waals surface area contributed by atoms with Crippen molar-refractivity contribution in [3.05, 3.63) is 30.1 Å². The number of aliphatic hydroxyl groups excluding tert-OH is 1. The van der Waals surface area contributed by atoms with Gasteiger partial charge in [-0.3, -0.25) is 14.6 Å². The molecular formula is C26H45N3O5. The van der Waals surface area contributed by atoms with Gasteiger partial charge in [0.05, 0.1) is 12.2 Å². The number of aliphatic hydroxyl groups is 3. The Hall–Kier alpha value is -2.03. The molecule has 3 unspecified atom stereocenters. The number of hydrogen-bond donors (Lipinski definition) is 5. The van der Waals surface area contributed by atoms with Gasteiger partial charge in [-0.25, -0.2) is 0 Å². The zero-order valence-corrected chi connectivity index (χ0v) is 21.0. The number of pyridine rings is 1. The van der Waals surface area contributed by atoms with Gasteiger partial charge in [-0.15, -0.1) is 0 Å². The first-order valence-corrected chi connectivity index (χ1v) is 12.8. The maximum absolute atomic E-state index is 12.4. The van der Waals surface area contributed by atoms with Crippen LogP contribution in [0.1, 0.15) is 103 Å². The van der Waals surface area contributed by atoms with Gasteiger partial charge in [0.15, 0.2) is 11.7 Å². The number of carbonyl (C=O) groups excluding carboxylic acids is 2. The van der Waals surface area contributed by atoms with Crippen LogP contribution in [0.3, 0.4) is 0 Å². The van der Waals surface area contributed by atoms with Crippen LogP contribution in [0.4, 0.5) is 0 Å². The summed E-state index contributed by atoms with van der Waals surface area (Å²) in [6.45, 7) is 3.30. The molecule has 0 saturated heterocycles. The first-order valence-electron chi connectivity index (χ1n) is 12.8. The molecule has 0 saturated carbocycles. The lowest BCUT2D eigenvalue weighted by atomic mass is 9.75. The maximum Gasteiger partial charge on any atom is 0.252 e. The third-order valence-corrected chi connectivity index (χ3v) is 6.59. The number of amides is 2. The predicted octanol–water partition coefficient (Wildman–Crippen LogP) is 3.12. The van der Waals surface area contributed by atoms with Crippen LogP contribution in [0.5, 0.6) is 0 Å². The van der Waals surface area contributed by atoms with Crippen LogP contribution in [-0.4, -0.2) is 49.4 Å². The third kappa shape index (κ3) is 9.68.